The van der Waals surface area contributed by atoms with Crippen LogP contribution in [0.2, 0.25) is 0 Å². The third kappa shape index (κ3) is 4.80. The highest BCUT2D eigenvalue weighted by Gasteiger charge is 2.27. The Bertz CT molecular complexity index is 983. The number of hydrogen-bond acceptors (Lipinski definition) is 5. The second kappa shape index (κ2) is 9.15. The van der Waals surface area contributed by atoms with Crippen LogP contribution in [-0.4, -0.2) is 39.4 Å². The lowest BCUT2D eigenvalue weighted by Gasteiger charge is -2.17. The molecule has 1 fully saturated rings. The molecule has 0 bridgehead atoms. The van der Waals surface area contributed by atoms with Gasteiger partial charge in [-0.05, 0) is 50.5 Å². The van der Waals surface area contributed by atoms with Crippen LogP contribution in [0.5, 0.6) is 0 Å². The van der Waals surface area contributed by atoms with E-state index in [0.717, 1.165) is 4.57 Å². The van der Waals surface area contributed by atoms with Gasteiger partial charge in [0.05, 0.1) is 12.7 Å². The highest BCUT2D eigenvalue weighted by Crippen LogP contribution is 2.26. The molecular formula is C20H24FN3O5. The number of rotatable bonds is 7. The number of aryl methyl sites for hydroxylation is 1. The average molecular weight is 405 g/mol. The Kier molecular flexibility index (Phi) is 6.60. The summed E-state index contributed by atoms with van der Waals surface area (Å²) in [6.45, 7) is 1.91. The van der Waals surface area contributed by atoms with Gasteiger partial charge >= 0.3 is 5.69 Å². The number of benzene rings is 1. The molecule has 2 atom stereocenters. The molecule has 1 aliphatic rings. The minimum Gasteiger partial charge on any atom is -0.394 e. The van der Waals surface area contributed by atoms with Crippen molar-refractivity contribution in [3.8, 4) is 0 Å². The van der Waals surface area contributed by atoms with E-state index in [0.29, 0.717) is 30.4 Å². The summed E-state index contributed by atoms with van der Waals surface area (Å²) in [7, 11) is 0. The van der Waals surface area contributed by atoms with Crippen molar-refractivity contribution < 1.29 is 19.0 Å². The summed E-state index contributed by atoms with van der Waals surface area (Å²) in [6, 6.07) is 5.18. The molecule has 8 nitrogen and oxygen atoms in total. The van der Waals surface area contributed by atoms with Crippen molar-refractivity contribution in [1.29, 1.82) is 0 Å². The van der Waals surface area contributed by atoms with E-state index in [1.54, 1.807) is 6.92 Å². The lowest BCUT2D eigenvalue weighted by molar-refractivity contribution is -0.0253. The van der Waals surface area contributed by atoms with Gasteiger partial charge in [-0.3, -0.25) is 18.7 Å². The molecule has 3 rings (SSSR count). The zero-order valence-electron chi connectivity index (χ0n) is 16.1. The smallest absolute Gasteiger partial charge is 0.333 e. The van der Waals surface area contributed by atoms with Crippen LogP contribution in [0.25, 0.3) is 0 Å². The Hall–Kier alpha value is -2.78. The predicted molar refractivity (Wildman–Crippen MR) is 103 cm³/mol. The molecule has 0 aliphatic carbocycles. The second-order valence-electron chi connectivity index (χ2n) is 7.05. The number of halogens is 1. The van der Waals surface area contributed by atoms with Crippen LogP contribution in [-0.2, 0) is 11.3 Å². The van der Waals surface area contributed by atoms with Gasteiger partial charge in [0.1, 0.15) is 12.0 Å². The van der Waals surface area contributed by atoms with Crippen LogP contribution >= 0.6 is 0 Å². The summed E-state index contributed by atoms with van der Waals surface area (Å²) in [5, 5.41) is 11.9. The van der Waals surface area contributed by atoms with Crippen LogP contribution in [0.15, 0.2) is 40.1 Å². The first kappa shape index (κ1) is 20.9. The Labute approximate surface area is 166 Å². The number of carbonyl (C=O) groups excluding carboxylic acids is 1. The van der Waals surface area contributed by atoms with Crippen molar-refractivity contribution in [1.82, 2.24) is 14.5 Å². The summed E-state index contributed by atoms with van der Waals surface area (Å²) < 4.78 is 21.1. The molecule has 2 heterocycles. The fourth-order valence-corrected chi connectivity index (χ4v) is 3.33. The van der Waals surface area contributed by atoms with Gasteiger partial charge in [-0.1, -0.05) is 0 Å². The fraction of sp³-hybridized carbons (Fsp3) is 0.450. The zero-order chi connectivity index (χ0) is 21.0. The van der Waals surface area contributed by atoms with E-state index in [1.807, 2.05) is 0 Å². The lowest BCUT2D eigenvalue weighted by atomic mass is 10.2. The minimum absolute atomic E-state index is 0.113. The van der Waals surface area contributed by atoms with E-state index in [9.17, 15) is 23.9 Å². The van der Waals surface area contributed by atoms with E-state index >= 15 is 0 Å². The molecule has 9 heteroatoms. The quantitative estimate of drug-likeness (QED) is 0.668. The molecule has 1 saturated heterocycles. The highest BCUT2D eigenvalue weighted by molar-refractivity contribution is 5.94. The number of nitrogens with zero attached hydrogens (tertiary/aromatic N) is 2. The van der Waals surface area contributed by atoms with Crippen molar-refractivity contribution >= 4 is 5.91 Å². The van der Waals surface area contributed by atoms with E-state index < -0.39 is 17.7 Å². The zero-order valence-corrected chi connectivity index (χ0v) is 16.1. The van der Waals surface area contributed by atoms with E-state index in [2.05, 4.69) is 5.32 Å². The maximum atomic E-state index is 12.9. The summed E-state index contributed by atoms with van der Waals surface area (Å²) >= 11 is 0. The van der Waals surface area contributed by atoms with Gasteiger partial charge in [0.2, 0.25) is 0 Å². The number of carbonyl (C=O) groups is 1. The number of hydrogen-bond donors (Lipinski definition) is 2. The number of amides is 1. The fourth-order valence-electron chi connectivity index (χ4n) is 3.33. The van der Waals surface area contributed by atoms with Gasteiger partial charge in [-0.25, -0.2) is 9.18 Å². The molecule has 1 aromatic heterocycles. The first-order valence-electron chi connectivity index (χ1n) is 9.53. The molecule has 0 saturated carbocycles. The Morgan fingerprint density at radius 3 is 2.66 bits per heavy atom. The third-order valence-corrected chi connectivity index (χ3v) is 4.92. The van der Waals surface area contributed by atoms with Gasteiger partial charge in [0, 0.05) is 30.4 Å². The summed E-state index contributed by atoms with van der Waals surface area (Å²) in [6.07, 6.45) is 2.26. The van der Waals surface area contributed by atoms with Crippen LogP contribution < -0.4 is 16.6 Å². The van der Waals surface area contributed by atoms with Crippen molar-refractivity contribution in [2.75, 3.05) is 13.2 Å². The minimum atomic E-state index is -0.511. The van der Waals surface area contributed by atoms with Crippen LogP contribution in [0.4, 0.5) is 4.39 Å². The molecule has 1 amide bonds. The van der Waals surface area contributed by atoms with E-state index in [4.69, 9.17) is 4.74 Å². The average Bonchev–Trinajstić information content (AvgIpc) is 3.19. The normalized spacial score (nSPS) is 18.7. The Morgan fingerprint density at radius 1 is 1.28 bits per heavy atom. The number of ether oxygens (including phenoxy) is 1. The number of aliphatic hydroxyl groups is 1. The monoisotopic (exact) mass is 405 g/mol. The van der Waals surface area contributed by atoms with Gasteiger partial charge < -0.3 is 15.2 Å². The van der Waals surface area contributed by atoms with Gasteiger partial charge in [0.15, 0.2) is 0 Å². The molecule has 1 aliphatic heterocycles. The number of aromatic nitrogens is 2. The summed E-state index contributed by atoms with van der Waals surface area (Å²) in [5.74, 6) is -0.776. The Balaban J connectivity index is 1.64. The van der Waals surface area contributed by atoms with Crippen molar-refractivity contribution in [3.63, 3.8) is 0 Å². The molecule has 0 unspecified atom stereocenters. The SMILES string of the molecule is Cc1cn([C@H]2CC[C@@H](CO)O2)c(=O)n(CCCNC(=O)c2ccc(F)cc2)c1=O. The number of nitrogens with one attached hydrogen (secondary N) is 1. The van der Waals surface area contributed by atoms with Gasteiger partial charge in [-0.15, -0.1) is 0 Å². The molecule has 1 aromatic carbocycles. The van der Waals surface area contributed by atoms with Crippen LogP contribution in [0.3, 0.4) is 0 Å². The van der Waals surface area contributed by atoms with Crippen molar-refractivity contribution in [3.05, 3.63) is 68.2 Å². The first-order valence-corrected chi connectivity index (χ1v) is 9.53. The van der Waals surface area contributed by atoms with Gasteiger partial charge in [-0.2, -0.15) is 0 Å². The van der Waals surface area contributed by atoms with Crippen LogP contribution in [0.1, 0.15) is 41.4 Å². The van der Waals surface area contributed by atoms with E-state index in [1.165, 1.54) is 35.0 Å². The molecule has 2 aromatic rings. The standard InChI is InChI=1S/C20H24FN3O5/c1-13-11-24(17-8-7-16(12-25)29-17)20(28)23(19(13)27)10-2-9-22-18(26)14-3-5-15(21)6-4-14/h3-6,11,16-17,25H,2,7-10,12H2,1H3,(H,22,26)/t16-,17+/m0/s1. The van der Waals surface area contributed by atoms with Crippen molar-refractivity contribution in [2.45, 2.75) is 45.1 Å². The molecule has 2 N–H and O–H groups in total. The van der Waals surface area contributed by atoms with E-state index in [-0.39, 0.29) is 37.3 Å². The maximum Gasteiger partial charge on any atom is 0.333 e. The summed E-state index contributed by atoms with van der Waals surface area (Å²) in [4.78, 5) is 37.2. The van der Waals surface area contributed by atoms with Crippen molar-refractivity contribution in [2.24, 2.45) is 0 Å². The molecule has 0 spiro atoms. The number of aliphatic hydroxyl groups excluding tert-OH is 1. The largest absolute Gasteiger partial charge is 0.394 e. The maximum absolute atomic E-state index is 12.9. The summed E-state index contributed by atoms with van der Waals surface area (Å²) in [5.41, 5.74) is -0.115. The highest BCUT2D eigenvalue weighted by atomic mass is 19.1. The van der Waals surface area contributed by atoms with Crippen LogP contribution in [0, 0.1) is 12.7 Å². The second-order valence-corrected chi connectivity index (χ2v) is 7.05. The molecular weight excluding hydrogens is 381 g/mol. The lowest BCUT2D eigenvalue weighted by Crippen LogP contribution is -2.42. The van der Waals surface area contributed by atoms with Gasteiger partial charge in [0.25, 0.3) is 11.5 Å². The molecule has 29 heavy (non-hydrogen) atoms. The predicted octanol–water partition coefficient (Wildman–Crippen LogP) is 0.948. The molecule has 156 valence electrons. The first-order chi connectivity index (χ1) is 13.9. The topological polar surface area (TPSA) is 103 Å². The third-order valence-electron chi connectivity index (χ3n) is 4.92. The molecule has 0 radical (unpaired) electrons. The Morgan fingerprint density at radius 2 is 2.00 bits per heavy atom.